The summed E-state index contributed by atoms with van der Waals surface area (Å²) in [4.78, 5) is 39.0. The fourth-order valence-corrected chi connectivity index (χ4v) is 3.31. The number of carbonyl (C=O) groups is 3. The van der Waals surface area contributed by atoms with Gasteiger partial charge < -0.3 is 9.47 Å². The predicted octanol–water partition coefficient (Wildman–Crippen LogP) is 4.39. The average molecular weight is 426 g/mol. The molecule has 1 aliphatic heterocycles. The van der Waals surface area contributed by atoms with Gasteiger partial charge in [0.15, 0.2) is 0 Å². The third-order valence-corrected chi connectivity index (χ3v) is 4.86. The molecule has 0 unspecified atom stereocenters. The molecule has 0 saturated carbocycles. The quantitative estimate of drug-likeness (QED) is 0.524. The Labute approximate surface area is 179 Å². The number of methoxy groups -OCH3 is 1. The Kier molecular flexibility index (Phi) is 6.37. The lowest BCUT2D eigenvalue weighted by molar-refractivity contribution is -0.138. The Balaban J connectivity index is 2.06. The summed E-state index contributed by atoms with van der Waals surface area (Å²) in [6.45, 7) is 3.59. The molecule has 0 bridgehead atoms. The van der Waals surface area contributed by atoms with Crippen LogP contribution in [0.1, 0.15) is 29.8 Å². The Bertz CT molecular complexity index is 1050. The van der Waals surface area contributed by atoms with E-state index in [-0.39, 0.29) is 23.7 Å². The lowest BCUT2D eigenvalue weighted by atomic mass is 10.0. The molecule has 0 N–H and O–H groups in total. The van der Waals surface area contributed by atoms with Gasteiger partial charge in [-0.3, -0.25) is 9.69 Å². The number of hydrogen-bond donors (Lipinski definition) is 0. The Morgan fingerprint density at radius 3 is 2.23 bits per heavy atom. The molecular formula is C23H20ClNO5. The molecule has 30 heavy (non-hydrogen) atoms. The molecule has 154 valence electrons. The highest BCUT2D eigenvalue weighted by atomic mass is 35.5. The summed E-state index contributed by atoms with van der Waals surface area (Å²) < 4.78 is 9.88. The first kappa shape index (κ1) is 21.3. The number of amides is 1. The number of carbonyl (C=O) groups excluding carboxylic acids is 3. The van der Waals surface area contributed by atoms with Crippen molar-refractivity contribution in [2.24, 2.45) is 0 Å². The Hall–Kier alpha value is -3.38. The molecule has 1 aliphatic rings. The van der Waals surface area contributed by atoms with Crippen LogP contribution in [0.3, 0.4) is 0 Å². The minimum atomic E-state index is -0.572. The van der Waals surface area contributed by atoms with Gasteiger partial charge in [0.05, 0.1) is 30.4 Å². The number of allylic oxidation sites excluding steroid dienone is 1. The highest BCUT2D eigenvalue weighted by molar-refractivity contribution is 6.30. The van der Waals surface area contributed by atoms with E-state index in [9.17, 15) is 14.4 Å². The normalized spacial score (nSPS) is 15.0. The van der Waals surface area contributed by atoms with Gasteiger partial charge in [0.2, 0.25) is 0 Å². The van der Waals surface area contributed by atoms with Crippen molar-refractivity contribution in [1.82, 2.24) is 0 Å². The summed E-state index contributed by atoms with van der Waals surface area (Å²) in [5.74, 6) is -1.38. The van der Waals surface area contributed by atoms with Gasteiger partial charge in [-0.2, -0.15) is 0 Å². The number of benzene rings is 2. The highest BCUT2D eigenvalue weighted by Crippen LogP contribution is 2.35. The molecule has 0 fully saturated rings. The molecule has 1 amide bonds. The second-order valence-corrected chi connectivity index (χ2v) is 6.91. The zero-order chi connectivity index (χ0) is 21.8. The molecule has 0 saturated heterocycles. The first-order chi connectivity index (χ1) is 14.4. The molecule has 6 nitrogen and oxygen atoms in total. The minimum absolute atomic E-state index is 0.186. The van der Waals surface area contributed by atoms with E-state index in [1.54, 1.807) is 68.5 Å². The van der Waals surface area contributed by atoms with Crippen molar-refractivity contribution in [1.29, 1.82) is 0 Å². The van der Waals surface area contributed by atoms with Crippen LogP contribution in [0.5, 0.6) is 0 Å². The van der Waals surface area contributed by atoms with Crippen molar-refractivity contribution in [3.05, 3.63) is 81.5 Å². The van der Waals surface area contributed by atoms with E-state index in [4.69, 9.17) is 21.1 Å². The Morgan fingerprint density at radius 1 is 1.03 bits per heavy atom. The highest BCUT2D eigenvalue weighted by Gasteiger charge is 2.38. The number of rotatable bonds is 5. The molecule has 0 atom stereocenters. The Morgan fingerprint density at radius 2 is 1.67 bits per heavy atom. The van der Waals surface area contributed by atoms with Crippen molar-refractivity contribution < 1.29 is 23.9 Å². The molecule has 0 radical (unpaired) electrons. The van der Waals surface area contributed by atoms with Gasteiger partial charge in [-0.05, 0) is 61.9 Å². The van der Waals surface area contributed by atoms with E-state index in [0.717, 1.165) is 0 Å². The van der Waals surface area contributed by atoms with E-state index < -0.39 is 11.9 Å². The SMILES string of the molecule is CCOC(=O)C1=C(C)N(c2ccc(Cl)cc2)C(=O)/C1=C\c1ccc(C(=O)OC)cc1. The number of halogens is 1. The molecule has 0 aliphatic carbocycles. The van der Waals surface area contributed by atoms with Gasteiger partial charge >= 0.3 is 11.9 Å². The van der Waals surface area contributed by atoms with E-state index >= 15 is 0 Å². The van der Waals surface area contributed by atoms with Crippen LogP contribution in [-0.2, 0) is 19.1 Å². The summed E-state index contributed by atoms with van der Waals surface area (Å²) in [6, 6.07) is 13.3. The number of ether oxygens (including phenoxy) is 2. The van der Waals surface area contributed by atoms with Crippen molar-refractivity contribution in [3.63, 3.8) is 0 Å². The van der Waals surface area contributed by atoms with Crippen LogP contribution in [-0.4, -0.2) is 31.6 Å². The molecule has 2 aromatic carbocycles. The summed E-state index contributed by atoms with van der Waals surface area (Å²) in [6.07, 6.45) is 1.61. The van der Waals surface area contributed by atoms with Crippen LogP contribution in [0.2, 0.25) is 5.02 Å². The van der Waals surface area contributed by atoms with Crippen LogP contribution >= 0.6 is 11.6 Å². The van der Waals surface area contributed by atoms with Crippen LogP contribution in [0.4, 0.5) is 5.69 Å². The fraction of sp³-hybridized carbons (Fsp3) is 0.174. The van der Waals surface area contributed by atoms with E-state index in [1.807, 2.05) is 0 Å². The molecule has 0 aromatic heterocycles. The fourth-order valence-electron chi connectivity index (χ4n) is 3.18. The van der Waals surface area contributed by atoms with Gasteiger partial charge in [0.1, 0.15) is 0 Å². The number of esters is 2. The number of hydrogen-bond acceptors (Lipinski definition) is 5. The van der Waals surface area contributed by atoms with Crippen LogP contribution in [0.15, 0.2) is 65.4 Å². The monoisotopic (exact) mass is 425 g/mol. The van der Waals surface area contributed by atoms with E-state index in [2.05, 4.69) is 0 Å². The lowest BCUT2D eigenvalue weighted by Crippen LogP contribution is -2.24. The van der Waals surface area contributed by atoms with Crippen LogP contribution in [0, 0.1) is 0 Å². The molecule has 3 rings (SSSR count). The summed E-state index contributed by atoms with van der Waals surface area (Å²) in [7, 11) is 1.31. The molecule has 1 heterocycles. The van der Waals surface area contributed by atoms with Gasteiger partial charge in [-0.1, -0.05) is 23.7 Å². The van der Waals surface area contributed by atoms with Crippen LogP contribution < -0.4 is 4.90 Å². The van der Waals surface area contributed by atoms with Crippen molar-refractivity contribution >= 4 is 41.2 Å². The average Bonchev–Trinajstić information content (AvgIpc) is 2.98. The molecule has 0 spiro atoms. The maximum Gasteiger partial charge on any atom is 0.340 e. The van der Waals surface area contributed by atoms with Crippen molar-refractivity contribution in [2.45, 2.75) is 13.8 Å². The third kappa shape index (κ3) is 4.14. The van der Waals surface area contributed by atoms with Gasteiger partial charge in [0, 0.05) is 16.4 Å². The lowest BCUT2D eigenvalue weighted by Gasteiger charge is -2.18. The summed E-state index contributed by atoms with van der Waals surface area (Å²) >= 11 is 5.96. The first-order valence-electron chi connectivity index (χ1n) is 9.25. The minimum Gasteiger partial charge on any atom is -0.465 e. The maximum absolute atomic E-state index is 13.2. The maximum atomic E-state index is 13.2. The molecule has 2 aromatic rings. The smallest absolute Gasteiger partial charge is 0.340 e. The first-order valence-corrected chi connectivity index (χ1v) is 9.63. The number of anilines is 1. The van der Waals surface area contributed by atoms with Crippen LogP contribution in [0.25, 0.3) is 6.08 Å². The van der Waals surface area contributed by atoms with E-state index in [0.29, 0.717) is 27.5 Å². The largest absolute Gasteiger partial charge is 0.465 e. The second kappa shape index (κ2) is 8.97. The topological polar surface area (TPSA) is 72.9 Å². The van der Waals surface area contributed by atoms with Crippen molar-refractivity contribution in [2.75, 3.05) is 18.6 Å². The third-order valence-electron chi connectivity index (χ3n) is 4.61. The number of nitrogens with zero attached hydrogens (tertiary/aromatic N) is 1. The van der Waals surface area contributed by atoms with Gasteiger partial charge in [0.25, 0.3) is 5.91 Å². The van der Waals surface area contributed by atoms with Gasteiger partial charge in [-0.15, -0.1) is 0 Å². The second-order valence-electron chi connectivity index (χ2n) is 6.47. The standard InChI is InChI=1S/C23H20ClNO5/c1-4-30-23(28)20-14(2)25(18-11-9-17(24)10-12-18)21(26)19(20)13-15-5-7-16(8-6-15)22(27)29-3/h5-13H,4H2,1-3H3/b19-13-. The summed E-state index contributed by atoms with van der Waals surface area (Å²) in [5.41, 5.74) is 2.52. The zero-order valence-corrected chi connectivity index (χ0v) is 17.5. The van der Waals surface area contributed by atoms with Gasteiger partial charge in [-0.25, -0.2) is 9.59 Å². The molecule has 7 heteroatoms. The van der Waals surface area contributed by atoms with E-state index in [1.165, 1.54) is 12.0 Å². The van der Waals surface area contributed by atoms with Crippen molar-refractivity contribution in [3.8, 4) is 0 Å². The summed E-state index contributed by atoms with van der Waals surface area (Å²) in [5, 5.41) is 0.541. The predicted molar refractivity (Wildman–Crippen MR) is 114 cm³/mol. The zero-order valence-electron chi connectivity index (χ0n) is 16.8. The molecular weight excluding hydrogens is 406 g/mol.